The van der Waals surface area contributed by atoms with E-state index in [2.05, 4.69) is 10.6 Å². The second kappa shape index (κ2) is 6.53. The topological polar surface area (TPSA) is 87.7 Å². The van der Waals surface area contributed by atoms with Crippen molar-refractivity contribution < 1.29 is 19.4 Å². The Labute approximate surface area is 149 Å². The maximum absolute atomic E-state index is 12.6. The Morgan fingerprint density at radius 2 is 1.79 bits per heavy atom. The Morgan fingerprint density at radius 3 is 2.29 bits per heavy atom. The summed E-state index contributed by atoms with van der Waals surface area (Å²) in [4.78, 5) is 24.4. The lowest BCUT2D eigenvalue weighted by atomic mass is 9.95. The van der Waals surface area contributed by atoms with Gasteiger partial charge in [-0.05, 0) is 45.4 Å². The number of phenols is 1. The van der Waals surface area contributed by atoms with Gasteiger partial charge >= 0.3 is 12.0 Å². The van der Waals surface area contributed by atoms with E-state index >= 15 is 0 Å². The van der Waals surface area contributed by atoms with Crippen molar-refractivity contribution in [2.24, 2.45) is 0 Å². The Hall–Kier alpha value is -1.92. The summed E-state index contributed by atoms with van der Waals surface area (Å²) in [5.41, 5.74) is 0.374. The predicted octanol–water partition coefficient (Wildman–Crippen LogP) is 3.67. The molecule has 1 aliphatic heterocycles. The first-order valence-electron chi connectivity index (χ1n) is 7.19. The van der Waals surface area contributed by atoms with Gasteiger partial charge in [-0.2, -0.15) is 0 Å². The SMILES string of the molecule is CC1=C(C(=O)OC(C)(C)C)C(c2cc(Cl)c(O)c(Cl)c2)NC(=O)N1. The third-order valence-corrected chi connectivity index (χ3v) is 3.84. The Bertz CT molecular complexity index is 715. The number of aromatic hydroxyl groups is 1. The van der Waals surface area contributed by atoms with Crippen LogP contribution in [-0.2, 0) is 9.53 Å². The van der Waals surface area contributed by atoms with Gasteiger partial charge in [-0.1, -0.05) is 23.2 Å². The molecule has 0 radical (unpaired) electrons. The minimum atomic E-state index is -0.802. The van der Waals surface area contributed by atoms with E-state index in [-0.39, 0.29) is 21.4 Å². The van der Waals surface area contributed by atoms with E-state index in [0.717, 1.165) is 0 Å². The Kier molecular flexibility index (Phi) is 5.01. The number of halogens is 2. The zero-order chi connectivity index (χ0) is 18.2. The predicted molar refractivity (Wildman–Crippen MR) is 91.1 cm³/mol. The zero-order valence-electron chi connectivity index (χ0n) is 13.7. The lowest BCUT2D eigenvalue weighted by molar-refractivity contribution is -0.150. The lowest BCUT2D eigenvalue weighted by Crippen LogP contribution is -2.46. The van der Waals surface area contributed by atoms with Gasteiger partial charge in [-0.3, -0.25) is 0 Å². The molecule has 1 aromatic carbocycles. The van der Waals surface area contributed by atoms with Crippen LogP contribution in [0.25, 0.3) is 0 Å². The average Bonchev–Trinajstić information content (AvgIpc) is 2.41. The number of nitrogens with one attached hydrogen (secondary N) is 2. The van der Waals surface area contributed by atoms with E-state index in [4.69, 9.17) is 27.9 Å². The fourth-order valence-corrected chi connectivity index (χ4v) is 2.80. The molecule has 3 N–H and O–H groups in total. The van der Waals surface area contributed by atoms with E-state index in [1.807, 2.05) is 0 Å². The summed E-state index contributed by atoms with van der Waals surface area (Å²) in [5, 5.41) is 14.9. The minimum Gasteiger partial charge on any atom is -0.505 e. The van der Waals surface area contributed by atoms with Crippen LogP contribution in [-0.4, -0.2) is 22.7 Å². The second-order valence-corrected chi connectivity index (χ2v) is 7.22. The molecule has 0 bridgehead atoms. The number of allylic oxidation sites excluding steroid dienone is 1. The van der Waals surface area contributed by atoms with Gasteiger partial charge in [0, 0.05) is 5.70 Å². The van der Waals surface area contributed by atoms with Crippen LogP contribution in [0.15, 0.2) is 23.4 Å². The van der Waals surface area contributed by atoms with E-state index in [0.29, 0.717) is 11.3 Å². The summed E-state index contributed by atoms with van der Waals surface area (Å²) < 4.78 is 5.42. The molecule has 1 unspecified atom stereocenters. The van der Waals surface area contributed by atoms with Crippen molar-refractivity contribution in [3.63, 3.8) is 0 Å². The normalized spacial score (nSPS) is 18.1. The number of ether oxygens (including phenoxy) is 1. The molecule has 0 saturated heterocycles. The van der Waals surface area contributed by atoms with Crippen molar-refractivity contribution in [2.75, 3.05) is 0 Å². The zero-order valence-corrected chi connectivity index (χ0v) is 15.2. The van der Waals surface area contributed by atoms with Crippen LogP contribution >= 0.6 is 23.2 Å². The minimum absolute atomic E-state index is 0.0199. The van der Waals surface area contributed by atoms with Crippen molar-refractivity contribution in [3.8, 4) is 5.75 Å². The molecular formula is C16H18Cl2N2O4. The average molecular weight is 373 g/mol. The van der Waals surface area contributed by atoms with Crippen molar-refractivity contribution in [2.45, 2.75) is 39.3 Å². The third kappa shape index (κ3) is 3.94. The van der Waals surface area contributed by atoms with E-state index in [9.17, 15) is 14.7 Å². The summed E-state index contributed by atoms with van der Waals surface area (Å²) in [6.07, 6.45) is 0. The summed E-state index contributed by atoms with van der Waals surface area (Å²) in [6.45, 7) is 6.85. The van der Waals surface area contributed by atoms with Crippen molar-refractivity contribution in [3.05, 3.63) is 39.0 Å². The molecule has 0 aromatic heterocycles. The number of carbonyl (C=O) groups is 2. The number of rotatable bonds is 2. The van der Waals surface area contributed by atoms with Crippen molar-refractivity contribution in [1.82, 2.24) is 10.6 Å². The maximum atomic E-state index is 12.6. The smallest absolute Gasteiger partial charge is 0.338 e. The highest BCUT2D eigenvalue weighted by atomic mass is 35.5. The number of amides is 2. The van der Waals surface area contributed by atoms with Crippen molar-refractivity contribution >= 4 is 35.2 Å². The maximum Gasteiger partial charge on any atom is 0.338 e. The van der Waals surface area contributed by atoms with Crippen LogP contribution in [0.1, 0.15) is 39.3 Å². The molecule has 1 aromatic rings. The molecular weight excluding hydrogens is 355 g/mol. The molecule has 1 aliphatic rings. The van der Waals surface area contributed by atoms with Gasteiger partial charge < -0.3 is 20.5 Å². The Balaban J connectivity index is 2.51. The van der Waals surface area contributed by atoms with Crippen LogP contribution in [0.2, 0.25) is 10.0 Å². The first kappa shape index (κ1) is 18.4. The largest absolute Gasteiger partial charge is 0.505 e. The van der Waals surface area contributed by atoms with Gasteiger partial charge in [0.2, 0.25) is 0 Å². The molecule has 1 atom stereocenters. The molecule has 8 heteroatoms. The number of carbonyl (C=O) groups excluding carboxylic acids is 2. The van der Waals surface area contributed by atoms with Gasteiger partial charge in [-0.15, -0.1) is 0 Å². The fraction of sp³-hybridized carbons (Fsp3) is 0.375. The second-order valence-electron chi connectivity index (χ2n) is 6.41. The van der Waals surface area contributed by atoms with Crippen LogP contribution in [0.3, 0.4) is 0 Å². The molecule has 1 heterocycles. The molecule has 0 saturated carbocycles. The highest BCUT2D eigenvalue weighted by Crippen LogP contribution is 2.37. The first-order valence-corrected chi connectivity index (χ1v) is 7.94. The van der Waals surface area contributed by atoms with E-state index in [1.54, 1.807) is 27.7 Å². The number of hydrogen-bond acceptors (Lipinski definition) is 4. The van der Waals surface area contributed by atoms with Crippen LogP contribution in [0.5, 0.6) is 5.75 Å². The molecule has 0 fully saturated rings. The number of hydrogen-bond donors (Lipinski definition) is 3. The summed E-state index contributed by atoms with van der Waals surface area (Å²) >= 11 is 11.9. The highest BCUT2D eigenvalue weighted by Gasteiger charge is 2.34. The standard InChI is InChI=1S/C16H18Cl2N2O4/c1-7-11(14(22)24-16(2,3)4)12(20-15(23)19-7)8-5-9(17)13(21)10(18)6-8/h5-6,12,21H,1-4H3,(H2,19,20,23). The highest BCUT2D eigenvalue weighted by molar-refractivity contribution is 6.37. The molecule has 2 rings (SSSR count). The van der Waals surface area contributed by atoms with Gasteiger partial charge in [0.1, 0.15) is 5.60 Å². The molecule has 6 nitrogen and oxygen atoms in total. The van der Waals surface area contributed by atoms with Gasteiger partial charge in [0.25, 0.3) is 0 Å². The fourth-order valence-electron chi connectivity index (χ4n) is 2.30. The molecule has 2 amide bonds. The van der Waals surface area contributed by atoms with E-state index in [1.165, 1.54) is 12.1 Å². The Morgan fingerprint density at radius 1 is 1.25 bits per heavy atom. The summed E-state index contributed by atoms with van der Waals surface area (Å²) in [5.74, 6) is -0.834. The van der Waals surface area contributed by atoms with Gasteiger partial charge in [0.15, 0.2) is 5.75 Å². The first-order chi connectivity index (χ1) is 11.0. The van der Waals surface area contributed by atoms with Crippen molar-refractivity contribution in [1.29, 1.82) is 0 Å². The third-order valence-electron chi connectivity index (χ3n) is 3.26. The molecule has 0 aliphatic carbocycles. The summed E-state index contributed by atoms with van der Waals surface area (Å²) in [7, 11) is 0. The monoisotopic (exact) mass is 372 g/mol. The quantitative estimate of drug-likeness (QED) is 0.691. The summed E-state index contributed by atoms with van der Waals surface area (Å²) in [6, 6.07) is 1.61. The number of benzene rings is 1. The van der Waals surface area contributed by atoms with Gasteiger partial charge in [0.05, 0.1) is 21.7 Å². The van der Waals surface area contributed by atoms with Crippen LogP contribution < -0.4 is 10.6 Å². The molecule has 130 valence electrons. The number of esters is 1. The number of urea groups is 1. The molecule has 0 spiro atoms. The van der Waals surface area contributed by atoms with Crippen LogP contribution in [0, 0.1) is 0 Å². The van der Waals surface area contributed by atoms with Crippen LogP contribution in [0.4, 0.5) is 4.79 Å². The van der Waals surface area contributed by atoms with Gasteiger partial charge in [-0.25, -0.2) is 9.59 Å². The number of phenolic OH excluding ortho intramolecular Hbond substituents is 1. The lowest BCUT2D eigenvalue weighted by Gasteiger charge is -2.30. The van der Waals surface area contributed by atoms with E-state index < -0.39 is 23.6 Å². The molecule has 24 heavy (non-hydrogen) atoms.